The summed E-state index contributed by atoms with van der Waals surface area (Å²) in [6.07, 6.45) is 1.30. The second-order valence-electron chi connectivity index (χ2n) is 4.29. The monoisotopic (exact) mass is 200 g/mol. The van der Waals surface area contributed by atoms with Crippen molar-refractivity contribution in [1.82, 2.24) is 0 Å². The van der Waals surface area contributed by atoms with E-state index in [-0.39, 0.29) is 24.1 Å². The van der Waals surface area contributed by atoms with Crippen molar-refractivity contribution >= 4 is 5.97 Å². The van der Waals surface area contributed by atoms with Gasteiger partial charge < -0.3 is 14.2 Å². The molecule has 0 unspecified atom stereocenters. The van der Waals surface area contributed by atoms with Gasteiger partial charge in [0.1, 0.15) is 6.10 Å². The predicted octanol–water partition coefficient (Wildman–Crippen LogP) is 1.09. The van der Waals surface area contributed by atoms with Crippen LogP contribution < -0.4 is 0 Å². The Bertz CT molecular complexity index is 253. The van der Waals surface area contributed by atoms with E-state index in [0.717, 1.165) is 6.42 Å². The van der Waals surface area contributed by atoms with E-state index in [2.05, 4.69) is 0 Å². The van der Waals surface area contributed by atoms with Gasteiger partial charge in [-0.15, -0.1) is 0 Å². The van der Waals surface area contributed by atoms with Crippen molar-refractivity contribution in [3.05, 3.63) is 0 Å². The van der Waals surface area contributed by atoms with Gasteiger partial charge >= 0.3 is 5.97 Å². The minimum atomic E-state index is -0.613. The molecule has 2 aliphatic rings. The molecule has 2 heterocycles. The fourth-order valence-electron chi connectivity index (χ4n) is 2.22. The van der Waals surface area contributed by atoms with Crippen LogP contribution in [-0.4, -0.2) is 31.1 Å². The quantitative estimate of drug-likeness (QED) is 0.594. The van der Waals surface area contributed by atoms with Crippen molar-refractivity contribution in [2.24, 2.45) is 5.92 Å². The predicted molar refractivity (Wildman–Crippen MR) is 48.6 cm³/mol. The molecule has 0 spiro atoms. The molecule has 2 rings (SSSR count). The minimum absolute atomic E-state index is 0.0313. The Morgan fingerprint density at radius 2 is 2.29 bits per heavy atom. The first-order valence-electron chi connectivity index (χ1n) is 4.97. The van der Waals surface area contributed by atoms with Gasteiger partial charge in [0.25, 0.3) is 0 Å². The Hall–Kier alpha value is -0.610. The first-order chi connectivity index (χ1) is 6.54. The highest BCUT2D eigenvalue weighted by molar-refractivity contribution is 5.74. The number of fused-ring (bicyclic) bond motifs is 1. The number of methoxy groups -OCH3 is 1. The highest BCUT2D eigenvalue weighted by Gasteiger charge is 2.50. The summed E-state index contributed by atoms with van der Waals surface area (Å²) in [4.78, 5) is 11.5. The third-order valence-electron chi connectivity index (χ3n) is 3.06. The molecule has 4 nitrogen and oxygen atoms in total. The SMILES string of the molecule is CO[C@@]1(C)C[C@H]2C(=O)O[C@@H](C)C[C@H]2O1. The molecule has 2 fully saturated rings. The molecule has 0 bridgehead atoms. The fourth-order valence-corrected chi connectivity index (χ4v) is 2.22. The van der Waals surface area contributed by atoms with Crippen molar-refractivity contribution in [2.75, 3.05) is 7.11 Å². The zero-order chi connectivity index (χ0) is 10.3. The van der Waals surface area contributed by atoms with Crippen LogP contribution in [0.4, 0.5) is 0 Å². The van der Waals surface area contributed by atoms with E-state index in [1.54, 1.807) is 7.11 Å². The lowest BCUT2D eigenvalue weighted by atomic mass is 9.92. The van der Waals surface area contributed by atoms with E-state index in [0.29, 0.717) is 6.42 Å². The number of carbonyl (C=O) groups excluding carboxylic acids is 1. The second-order valence-corrected chi connectivity index (χ2v) is 4.29. The molecule has 0 radical (unpaired) electrons. The number of hydrogen-bond donors (Lipinski definition) is 0. The number of ether oxygens (including phenoxy) is 3. The summed E-state index contributed by atoms with van der Waals surface area (Å²) >= 11 is 0. The molecular formula is C10H16O4. The van der Waals surface area contributed by atoms with Crippen molar-refractivity contribution in [3.8, 4) is 0 Å². The summed E-state index contributed by atoms with van der Waals surface area (Å²) in [6.45, 7) is 3.75. The van der Waals surface area contributed by atoms with Gasteiger partial charge in [-0.3, -0.25) is 4.79 Å². The molecule has 0 N–H and O–H groups in total. The smallest absolute Gasteiger partial charge is 0.312 e. The molecule has 0 aromatic heterocycles. The molecule has 0 aromatic rings. The van der Waals surface area contributed by atoms with Crippen LogP contribution in [-0.2, 0) is 19.0 Å². The molecular weight excluding hydrogens is 184 g/mol. The van der Waals surface area contributed by atoms with Gasteiger partial charge in [0.2, 0.25) is 0 Å². The Balaban J connectivity index is 2.13. The fraction of sp³-hybridized carbons (Fsp3) is 0.900. The summed E-state index contributed by atoms with van der Waals surface area (Å²) in [5.41, 5.74) is 0. The lowest BCUT2D eigenvalue weighted by molar-refractivity contribution is -0.206. The van der Waals surface area contributed by atoms with E-state index in [1.807, 2.05) is 13.8 Å². The number of hydrogen-bond acceptors (Lipinski definition) is 4. The lowest BCUT2D eigenvalue weighted by Crippen LogP contribution is -2.37. The molecule has 0 aliphatic carbocycles. The van der Waals surface area contributed by atoms with E-state index < -0.39 is 5.79 Å². The van der Waals surface area contributed by atoms with Crippen LogP contribution in [0.3, 0.4) is 0 Å². The molecule has 0 amide bonds. The summed E-state index contributed by atoms with van der Waals surface area (Å²) in [5, 5.41) is 0. The molecule has 4 heteroatoms. The standard InChI is InChI=1S/C10H16O4/c1-6-4-8-7(9(11)13-6)5-10(2,12-3)14-8/h6-8H,4-5H2,1-3H3/t6-,7+,8+,10+/m0/s1. The van der Waals surface area contributed by atoms with Gasteiger partial charge in [-0.05, 0) is 13.8 Å². The Kier molecular flexibility index (Phi) is 2.27. The van der Waals surface area contributed by atoms with E-state index in [1.165, 1.54) is 0 Å². The van der Waals surface area contributed by atoms with Gasteiger partial charge in [0, 0.05) is 20.0 Å². The molecule has 2 aliphatic heterocycles. The van der Waals surface area contributed by atoms with Crippen LogP contribution in [0.15, 0.2) is 0 Å². The number of carbonyl (C=O) groups is 1. The van der Waals surface area contributed by atoms with E-state index in [9.17, 15) is 4.79 Å². The highest BCUT2D eigenvalue weighted by Crippen LogP contribution is 2.40. The first-order valence-corrected chi connectivity index (χ1v) is 4.97. The molecule has 2 saturated heterocycles. The lowest BCUT2D eigenvalue weighted by Gasteiger charge is -2.28. The average Bonchev–Trinajstić information content (AvgIpc) is 2.43. The average molecular weight is 200 g/mol. The van der Waals surface area contributed by atoms with E-state index >= 15 is 0 Å². The minimum Gasteiger partial charge on any atom is -0.462 e. The van der Waals surface area contributed by atoms with Crippen LogP contribution in [0.1, 0.15) is 26.7 Å². The van der Waals surface area contributed by atoms with Gasteiger partial charge in [-0.1, -0.05) is 0 Å². The molecule has 0 aromatic carbocycles. The third kappa shape index (κ3) is 1.53. The summed E-state index contributed by atoms with van der Waals surface area (Å²) in [7, 11) is 1.60. The van der Waals surface area contributed by atoms with Crippen LogP contribution in [0.25, 0.3) is 0 Å². The Labute approximate surface area is 83.5 Å². The first kappa shape index (κ1) is 9.93. The van der Waals surface area contributed by atoms with Crippen molar-refractivity contribution in [1.29, 1.82) is 0 Å². The normalized spacial score (nSPS) is 47.4. The summed E-state index contributed by atoms with van der Waals surface area (Å²) in [5.74, 6) is -0.899. The van der Waals surface area contributed by atoms with E-state index in [4.69, 9.17) is 14.2 Å². The largest absolute Gasteiger partial charge is 0.462 e. The maximum absolute atomic E-state index is 11.5. The molecule has 80 valence electrons. The third-order valence-corrected chi connectivity index (χ3v) is 3.06. The Morgan fingerprint density at radius 3 is 2.93 bits per heavy atom. The van der Waals surface area contributed by atoms with Crippen LogP contribution in [0.5, 0.6) is 0 Å². The van der Waals surface area contributed by atoms with Crippen molar-refractivity contribution < 1.29 is 19.0 Å². The highest BCUT2D eigenvalue weighted by atomic mass is 16.7. The van der Waals surface area contributed by atoms with Gasteiger partial charge in [0.05, 0.1) is 12.0 Å². The molecule has 14 heavy (non-hydrogen) atoms. The van der Waals surface area contributed by atoms with Gasteiger partial charge in [-0.2, -0.15) is 0 Å². The second kappa shape index (κ2) is 3.21. The zero-order valence-corrected chi connectivity index (χ0v) is 8.78. The van der Waals surface area contributed by atoms with Crippen LogP contribution in [0.2, 0.25) is 0 Å². The number of rotatable bonds is 1. The van der Waals surface area contributed by atoms with Gasteiger partial charge in [-0.25, -0.2) is 0 Å². The number of esters is 1. The number of cyclic esters (lactones) is 1. The maximum Gasteiger partial charge on any atom is 0.312 e. The Morgan fingerprint density at radius 1 is 1.57 bits per heavy atom. The molecule has 0 saturated carbocycles. The molecule has 4 atom stereocenters. The van der Waals surface area contributed by atoms with Crippen molar-refractivity contribution in [3.63, 3.8) is 0 Å². The van der Waals surface area contributed by atoms with Crippen molar-refractivity contribution in [2.45, 2.75) is 44.7 Å². The maximum atomic E-state index is 11.5. The summed E-state index contributed by atoms with van der Waals surface area (Å²) < 4.78 is 16.1. The van der Waals surface area contributed by atoms with Crippen LogP contribution in [0, 0.1) is 5.92 Å². The summed E-state index contributed by atoms with van der Waals surface area (Å²) in [6, 6.07) is 0. The zero-order valence-electron chi connectivity index (χ0n) is 8.78. The van der Waals surface area contributed by atoms with Gasteiger partial charge in [0.15, 0.2) is 5.79 Å². The topological polar surface area (TPSA) is 44.8 Å². The van der Waals surface area contributed by atoms with Crippen LogP contribution >= 0.6 is 0 Å².